The Labute approximate surface area is 177 Å². The molecule has 144 valence electrons. The van der Waals surface area contributed by atoms with Crippen LogP contribution < -0.4 is 16.5 Å². The summed E-state index contributed by atoms with van der Waals surface area (Å²) in [6.07, 6.45) is 0. The molecule has 1 aliphatic rings. The van der Waals surface area contributed by atoms with Gasteiger partial charge in [0.2, 0.25) is 0 Å². The zero-order valence-corrected chi connectivity index (χ0v) is 16.7. The fraction of sp³-hybridized carbons (Fsp3) is 0. The second-order valence-electron chi connectivity index (χ2n) is 7.12. The number of nitrogens with one attached hydrogen (secondary N) is 3. The van der Waals surface area contributed by atoms with E-state index in [0.717, 1.165) is 22.2 Å². The van der Waals surface area contributed by atoms with E-state index in [1.54, 1.807) is 11.3 Å². The molecule has 0 radical (unpaired) electrons. The number of benzene rings is 3. The molecule has 1 aliphatic heterocycles. The number of nitrogens with zero attached hydrogens (tertiary/aromatic N) is 2. The van der Waals surface area contributed by atoms with E-state index in [4.69, 9.17) is 4.98 Å². The molecule has 5 aromatic rings. The fourth-order valence-corrected chi connectivity index (χ4v) is 4.65. The summed E-state index contributed by atoms with van der Waals surface area (Å²) in [5, 5.41) is 9.86. The van der Waals surface area contributed by atoms with Crippen molar-refractivity contribution in [1.29, 1.82) is 0 Å². The van der Waals surface area contributed by atoms with Gasteiger partial charge < -0.3 is 0 Å². The largest absolute Gasteiger partial charge is 0.283 e. The smallest absolute Gasteiger partial charge is 0.189 e. The van der Waals surface area contributed by atoms with Gasteiger partial charge in [-0.1, -0.05) is 54.6 Å². The molecule has 5 nitrogen and oxygen atoms in total. The van der Waals surface area contributed by atoms with Gasteiger partial charge in [-0.2, -0.15) is 0 Å². The average Bonchev–Trinajstić information content (AvgIpc) is 3.52. The first kappa shape index (κ1) is 17.1. The Kier molecular flexibility index (Phi) is 3.97. The molecule has 0 atom stereocenters. The van der Waals surface area contributed by atoms with Crippen molar-refractivity contribution >= 4 is 38.8 Å². The summed E-state index contributed by atoms with van der Waals surface area (Å²) in [7, 11) is 0. The van der Waals surface area contributed by atoms with E-state index in [1.165, 1.54) is 26.8 Å². The minimum absolute atomic E-state index is 0.670. The van der Waals surface area contributed by atoms with Crippen LogP contribution in [0.3, 0.4) is 0 Å². The van der Waals surface area contributed by atoms with Gasteiger partial charge in [-0.05, 0) is 51.5 Å². The number of fused-ring (bicyclic) bond motifs is 2. The summed E-state index contributed by atoms with van der Waals surface area (Å²) in [5.41, 5.74) is 13.7. The SMILES string of the molecule is c1csc(-c2cc(-c3cccc4ccccc34)c3nc(C4=NNNN4)ccc3c2)c1. The molecule has 0 saturated heterocycles. The van der Waals surface area contributed by atoms with Gasteiger partial charge in [0, 0.05) is 15.8 Å². The molecule has 0 saturated carbocycles. The Morgan fingerprint density at radius 1 is 0.767 bits per heavy atom. The van der Waals surface area contributed by atoms with E-state index < -0.39 is 0 Å². The highest BCUT2D eigenvalue weighted by Gasteiger charge is 2.15. The van der Waals surface area contributed by atoms with Crippen molar-refractivity contribution in [1.82, 2.24) is 21.5 Å². The number of hydrazine groups is 2. The number of hydrogen-bond donors (Lipinski definition) is 3. The number of thiophene rings is 1. The third-order valence-electron chi connectivity index (χ3n) is 5.33. The van der Waals surface area contributed by atoms with Crippen LogP contribution in [-0.2, 0) is 0 Å². The van der Waals surface area contributed by atoms with Gasteiger partial charge in [0.1, 0.15) is 5.69 Å². The van der Waals surface area contributed by atoms with Crippen LogP contribution in [0.25, 0.3) is 43.2 Å². The molecule has 6 heteroatoms. The average molecular weight is 408 g/mol. The Bertz CT molecular complexity index is 1420. The van der Waals surface area contributed by atoms with Crippen LogP contribution in [0.5, 0.6) is 0 Å². The number of amidine groups is 1. The summed E-state index contributed by atoms with van der Waals surface area (Å²) in [4.78, 5) is 6.24. The predicted molar refractivity (Wildman–Crippen MR) is 124 cm³/mol. The van der Waals surface area contributed by atoms with E-state index in [1.807, 2.05) is 6.07 Å². The number of pyridine rings is 1. The molecule has 6 rings (SSSR count). The molecule has 0 spiro atoms. The van der Waals surface area contributed by atoms with Crippen molar-refractivity contribution in [3.05, 3.63) is 89.9 Å². The van der Waals surface area contributed by atoms with Gasteiger partial charge in [0.25, 0.3) is 0 Å². The zero-order chi connectivity index (χ0) is 19.9. The highest BCUT2D eigenvalue weighted by Crippen LogP contribution is 2.37. The maximum absolute atomic E-state index is 4.99. The minimum atomic E-state index is 0.670. The maximum atomic E-state index is 4.99. The van der Waals surface area contributed by atoms with Crippen molar-refractivity contribution in [3.8, 4) is 21.6 Å². The van der Waals surface area contributed by atoms with Crippen LogP contribution in [0.2, 0.25) is 0 Å². The third-order valence-corrected chi connectivity index (χ3v) is 6.24. The van der Waals surface area contributed by atoms with Gasteiger partial charge in [-0.15, -0.1) is 22.0 Å². The molecule has 2 aromatic heterocycles. The van der Waals surface area contributed by atoms with Crippen LogP contribution in [0.4, 0.5) is 0 Å². The summed E-state index contributed by atoms with van der Waals surface area (Å²) < 4.78 is 0. The second kappa shape index (κ2) is 6.95. The van der Waals surface area contributed by atoms with E-state index in [0.29, 0.717) is 5.84 Å². The van der Waals surface area contributed by atoms with Crippen molar-refractivity contribution in [2.75, 3.05) is 0 Å². The minimum Gasteiger partial charge on any atom is -0.283 e. The maximum Gasteiger partial charge on any atom is 0.189 e. The summed E-state index contributed by atoms with van der Waals surface area (Å²) in [6.45, 7) is 0. The standard InChI is InChI=1S/C24H17N5S/c1-2-7-18-15(5-1)6-3-8-19(18)20-14-17(22-9-4-12-30-22)13-16-10-11-21(25-23(16)20)24-26-28-29-27-24/h1-14,28-29H,(H,26,27). The number of aromatic nitrogens is 1. The van der Waals surface area contributed by atoms with Crippen LogP contribution in [0.1, 0.15) is 5.69 Å². The Hall–Kier alpha value is -3.74. The van der Waals surface area contributed by atoms with E-state index in [-0.39, 0.29) is 0 Å². The van der Waals surface area contributed by atoms with Crippen molar-refractivity contribution in [3.63, 3.8) is 0 Å². The first-order chi connectivity index (χ1) is 14.9. The molecule has 0 unspecified atom stereocenters. The predicted octanol–water partition coefficient (Wildman–Crippen LogP) is 5.06. The van der Waals surface area contributed by atoms with Gasteiger partial charge in [0.05, 0.1) is 5.52 Å². The lowest BCUT2D eigenvalue weighted by Gasteiger charge is -2.13. The molecular formula is C24H17N5S. The first-order valence-corrected chi connectivity index (χ1v) is 10.6. The van der Waals surface area contributed by atoms with Crippen molar-refractivity contribution < 1.29 is 0 Å². The van der Waals surface area contributed by atoms with Crippen molar-refractivity contribution in [2.24, 2.45) is 5.10 Å². The van der Waals surface area contributed by atoms with Gasteiger partial charge in [0.15, 0.2) is 5.84 Å². The van der Waals surface area contributed by atoms with Crippen LogP contribution in [0.15, 0.2) is 89.3 Å². The van der Waals surface area contributed by atoms with E-state index >= 15 is 0 Å². The topological polar surface area (TPSA) is 61.3 Å². The monoisotopic (exact) mass is 407 g/mol. The first-order valence-electron chi connectivity index (χ1n) is 9.68. The highest BCUT2D eigenvalue weighted by molar-refractivity contribution is 7.13. The van der Waals surface area contributed by atoms with Gasteiger partial charge in [-0.3, -0.25) is 5.43 Å². The molecule has 0 bridgehead atoms. The van der Waals surface area contributed by atoms with E-state index in [2.05, 4.69) is 99.8 Å². The lowest BCUT2D eigenvalue weighted by atomic mass is 9.94. The molecule has 0 aliphatic carbocycles. The molecule has 0 fully saturated rings. The number of rotatable bonds is 3. The van der Waals surface area contributed by atoms with Crippen LogP contribution in [-0.4, -0.2) is 10.8 Å². The lowest BCUT2D eigenvalue weighted by molar-refractivity contribution is 0.577. The Morgan fingerprint density at radius 3 is 2.57 bits per heavy atom. The fourth-order valence-electron chi connectivity index (χ4n) is 3.94. The lowest BCUT2D eigenvalue weighted by Crippen LogP contribution is -2.35. The number of hydrazone groups is 1. The normalized spacial score (nSPS) is 13.3. The number of hydrogen-bond acceptors (Lipinski definition) is 6. The Morgan fingerprint density at radius 2 is 1.70 bits per heavy atom. The second-order valence-corrected chi connectivity index (χ2v) is 8.07. The molecule has 3 N–H and O–H groups in total. The molecular weight excluding hydrogens is 390 g/mol. The zero-order valence-electron chi connectivity index (χ0n) is 15.9. The van der Waals surface area contributed by atoms with E-state index in [9.17, 15) is 0 Å². The quantitative estimate of drug-likeness (QED) is 0.391. The molecule has 0 amide bonds. The van der Waals surface area contributed by atoms with Crippen LogP contribution >= 0.6 is 11.3 Å². The van der Waals surface area contributed by atoms with Crippen molar-refractivity contribution in [2.45, 2.75) is 0 Å². The van der Waals surface area contributed by atoms with Crippen LogP contribution in [0, 0.1) is 0 Å². The highest BCUT2D eigenvalue weighted by atomic mass is 32.1. The summed E-state index contributed by atoms with van der Waals surface area (Å²) >= 11 is 1.75. The Balaban J connectivity index is 1.67. The molecule has 30 heavy (non-hydrogen) atoms. The van der Waals surface area contributed by atoms with Gasteiger partial charge >= 0.3 is 0 Å². The summed E-state index contributed by atoms with van der Waals surface area (Å²) in [6, 6.07) is 27.8. The molecule has 3 heterocycles. The van der Waals surface area contributed by atoms with Gasteiger partial charge in [-0.25, -0.2) is 10.5 Å². The summed E-state index contributed by atoms with van der Waals surface area (Å²) in [5.74, 6) is 0.670. The third kappa shape index (κ3) is 2.82. The molecule has 3 aromatic carbocycles.